The fraction of sp³-hybridized carbons (Fsp3) is 0.556. The van der Waals surface area contributed by atoms with Gasteiger partial charge in [0.1, 0.15) is 0 Å². The van der Waals surface area contributed by atoms with Crippen molar-refractivity contribution >= 4 is 5.91 Å². The van der Waals surface area contributed by atoms with Crippen molar-refractivity contribution in [2.75, 3.05) is 20.1 Å². The maximum atomic E-state index is 12.8. The summed E-state index contributed by atoms with van der Waals surface area (Å²) in [5.74, 6) is 1.18. The molecular weight excluding hydrogens is 334 g/mol. The van der Waals surface area contributed by atoms with Crippen molar-refractivity contribution < 1.29 is 9.32 Å². The van der Waals surface area contributed by atoms with Crippen LogP contribution in [0.3, 0.4) is 0 Å². The number of amides is 1. The molecule has 1 aliphatic heterocycles. The average molecular weight is 359 g/mol. The van der Waals surface area contributed by atoms with Gasteiger partial charge in [-0.1, -0.05) is 5.16 Å². The summed E-state index contributed by atoms with van der Waals surface area (Å²) < 4.78 is 5.03. The highest BCUT2D eigenvalue weighted by atomic mass is 16.5. The predicted octanol–water partition coefficient (Wildman–Crippen LogP) is 1.50. The topological polar surface area (TPSA) is 95.3 Å². The van der Waals surface area contributed by atoms with Crippen LogP contribution in [0.4, 0.5) is 0 Å². The number of pyridine rings is 1. The van der Waals surface area contributed by atoms with Gasteiger partial charge in [-0.3, -0.25) is 14.5 Å². The molecule has 1 aliphatic rings. The van der Waals surface area contributed by atoms with Crippen molar-refractivity contribution in [1.29, 1.82) is 0 Å². The molecular formula is C18H25N5O3. The van der Waals surface area contributed by atoms with Crippen LogP contribution in [0.15, 0.2) is 21.5 Å². The van der Waals surface area contributed by atoms with Gasteiger partial charge in [0, 0.05) is 43.4 Å². The SMILES string of the molecule is Cc1cc(C(=O)N2CCC[C@@H](N(C)Cc3noc(C)n3)CC2)cc(=O)[nH]1. The van der Waals surface area contributed by atoms with Crippen LogP contribution in [-0.4, -0.2) is 57.0 Å². The van der Waals surface area contributed by atoms with Crippen molar-refractivity contribution in [3.63, 3.8) is 0 Å². The molecule has 1 fully saturated rings. The first-order valence-electron chi connectivity index (χ1n) is 8.92. The summed E-state index contributed by atoms with van der Waals surface area (Å²) in [6, 6.07) is 3.46. The van der Waals surface area contributed by atoms with Crippen LogP contribution in [0.5, 0.6) is 0 Å². The molecule has 8 heteroatoms. The van der Waals surface area contributed by atoms with Crippen LogP contribution in [0.25, 0.3) is 0 Å². The Hall–Kier alpha value is -2.48. The monoisotopic (exact) mass is 359 g/mol. The second-order valence-corrected chi connectivity index (χ2v) is 6.94. The Balaban J connectivity index is 1.62. The summed E-state index contributed by atoms with van der Waals surface area (Å²) >= 11 is 0. The van der Waals surface area contributed by atoms with Crippen molar-refractivity contribution in [3.8, 4) is 0 Å². The number of hydrogen-bond acceptors (Lipinski definition) is 6. The first kappa shape index (κ1) is 18.3. The summed E-state index contributed by atoms with van der Waals surface area (Å²) in [5, 5.41) is 3.95. The second kappa shape index (κ2) is 7.82. The van der Waals surface area contributed by atoms with E-state index in [0.29, 0.717) is 48.6 Å². The van der Waals surface area contributed by atoms with Crippen LogP contribution >= 0.6 is 0 Å². The van der Waals surface area contributed by atoms with E-state index in [1.807, 2.05) is 11.9 Å². The number of aryl methyl sites for hydroxylation is 2. The van der Waals surface area contributed by atoms with Gasteiger partial charge in [0.15, 0.2) is 5.82 Å². The van der Waals surface area contributed by atoms with Gasteiger partial charge >= 0.3 is 0 Å². The van der Waals surface area contributed by atoms with Gasteiger partial charge in [-0.2, -0.15) is 4.98 Å². The van der Waals surface area contributed by atoms with E-state index >= 15 is 0 Å². The lowest BCUT2D eigenvalue weighted by Crippen LogP contribution is -2.35. The highest BCUT2D eigenvalue weighted by Crippen LogP contribution is 2.19. The summed E-state index contributed by atoms with van der Waals surface area (Å²) in [6.07, 6.45) is 2.81. The molecule has 1 atom stereocenters. The predicted molar refractivity (Wildman–Crippen MR) is 95.8 cm³/mol. The standard InChI is InChI=1S/C18H25N5O3/c1-12-9-14(10-17(24)19-12)18(25)23-7-4-5-15(6-8-23)22(3)11-16-20-13(2)26-21-16/h9-10,15H,4-8,11H2,1-3H3,(H,19,24)/t15-/m1/s1. The van der Waals surface area contributed by atoms with Crippen LogP contribution in [0, 0.1) is 13.8 Å². The Morgan fingerprint density at radius 3 is 2.85 bits per heavy atom. The average Bonchev–Trinajstić information content (AvgIpc) is 2.84. The number of likely N-dealkylation sites (tertiary alicyclic amines) is 1. The van der Waals surface area contributed by atoms with Crippen LogP contribution in [0.1, 0.15) is 47.0 Å². The molecule has 0 radical (unpaired) electrons. The zero-order valence-corrected chi connectivity index (χ0v) is 15.5. The van der Waals surface area contributed by atoms with Crippen molar-refractivity contribution in [2.24, 2.45) is 0 Å². The molecule has 1 N–H and O–H groups in total. The number of nitrogens with one attached hydrogen (secondary N) is 1. The highest BCUT2D eigenvalue weighted by molar-refractivity contribution is 5.94. The van der Waals surface area contributed by atoms with E-state index < -0.39 is 0 Å². The minimum Gasteiger partial charge on any atom is -0.340 e. The smallest absolute Gasteiger partial charge is 0.254 e. The first-order valence-corrected chi connectivity index (χ1v) is 8.92. The van der Waals surface area contributed by atoms with Gasteiger partial charge in [-0.15, -0.1) is 0 Å². The third-order valence-corrected chi connectivity index (χ3v) is 4.79. The minimum atomic E-state index is -0.240. The van der Waals surface area contributed by atoms with Crippen LogP contribution in [0.2, 0.25) is 0 Å². The Labute approximate surface area is 152 Å². The molecule has 0 spiro atoms. The normalized spacial score (nSPS) is 18.2. The number of H-pyrrole nitrogens is 1. The minimum absolute atomic E-state index is 0.0729. The van der Waals surface area contributed by atoms with Gasteiger partial charge < -0.3 is 14.4 Å². The van der Waals surface area contributed by atoms with Gasteiger partial charge in [0.2, 0.25) is 11.4 Å². The molecule has 0 bridgehead atoms. The molecule has 1 amide bonds. The Bertz CT molecular complexity index is 828. The molecule has 140 valence electrons. The second-order valence-electron chi connectivity index (χ2n) is 6.94. The molecule has 2 aromatic heterocycles. The number of rotatable bonds is 4. The van der Waals surface area contributed by atoms with Gasteiger partial charge in [0.25, 0.3) is 5.91 Å². The van der Waals surface area contributed by atoms with Crippen molar-refractivity contribution in [1.82, 2.24) is 24.9 Å². The third kappa shape index (κ3) is 4.37. The lowest BCUT2D eigenvalue weighted by molar-refractivity contribution is 0.0757. The maximum Gasteiger partial charge on any atom is 0.254 e. The largest absolute Gasteiger partial charge is 0.340 e. The quantitative estimate of drug-likeness (QED) is 0.889. The van der Waals surface area contributed by atoms with Gasteiger partial charge in [-0.25, -0.2) is 0 Å². The molecule has 8 nitrogen and oxygen atoms in total. The molecule has 0 saturated carbocycles. The van der Waals surface area contributed by atoms with E-state index in [9.17, 15) is 9.59 Å². The van der Waals surface area contributed by atoms with E-state index in [2.05, 4.69) is 20.0 Å². The summed E-state index contributed by atoms with van der Waals surface area (Å²) in [5.41, 5.74) is 0.917. The fourth-order valence-corrected chi connectivity index (χ4v) is 3.47. The van der Waals surface area contributed by atoms with E-state index in [4.69, 9.17) is 4.52 Å². The molecule has 2 aromatic rings. The van der Waals surface area contributed by atoms with E-state index in [0.717, 1.165) is 19.3 Å². The van der Waals surface area contributed by atoms with E-state index in [1.165, 1.54) is 6.07 Å². The van der Waals surface area contributed by atoms with Crippen LogP contribution in [-0.2, 0) is 6.54 Å². The third-order valence-electron chi connectivity index (χ3n) is 4.79. The number of carbonyl (C=O) groups is 1. The Kier molecular flexibility index (Phi) is 5.51. The van der Waals surface area contributed by atoms with E-state index in [1.54, 1.807) is 19.9 Å². The molecule has 0 aliphatic carbocycles. The number of aromatic nitrogens is 3. The van der Waals surface area contributed by atoms with Gasteiger partial charge in [0.05, 0.1) is 6.54 Å². The Morgan fingerprint density at radius 1 is 1.35 bits per heavy atom. The number of nitrogens with zero attached hydrogens (tertiary/aromatic N) is 4. The number of hydrogen-bond donors (Lipinski definition) is 1. The van der Waals surface area contributed by atoms with Crippen LogP contribution < -0.4 is 5.56 Å². The van der Waals surface area contributed by atoms with E-state index in [-0.39, 0.29) is 11.5 Å². The fourth-order valence-electron chi connectivity index (χ4n) is 3.47. The molecule has 1 saturated heterocycles. The molecule has 26 heavy (non-hydrogen) atoms. The lowest BCUT2D eigenvalue weighted by atomic mass is 10.1. The number of carbonyl (C=O) groups excluding carboxylic acids is 1. The summed E-state index contributed by atoms with van der Waals surface area (Å²) in [6.45, 7) is 5.57. The number of aromatic amines is 1. The molecule has 0 unspecified atom stereocenters. The zero-order valence-electron chi connectivity index (χ0n) is 15.5. The van der Waals surface area contributed by atoms with Crippen molar-refractivity contribution in [3.05, 3.63) is 45.5 Å². The summed E-state index contributed by atoms with van der Waals surface area (Å²) in [7, 11) is 2.05. The maximum absolute atomic E-state index is 12.8. The summed E-state index contributed by atoms with van der Waals surface area (Å²) in [4.78, 5) is 35.4. The Morgan fingerprint density at radius 2 is 2.15 bits per heavy atom. The molecule has 3 rings (SSSR count). The first-order chi connectivity index (χ1) is 12.4. The molecule has 0 aromatic carbocycles. The van der Waals surface area contributed by atoms with Crippen molar-refractivity contribution in [2.45, 2.75) is 45.7 Å². The highest BCUT2D eigenvalue weighted by Gasteiger charge is 2.24. The zero-order chi connectivity index (χ0) is 18.7. The molecule has 3 heterocycles. The lowest BCUT2D eigenvalue weighted by Gasteiger charge is -2.26. The van der Waals surface area contributed by atoms with Gasteiger partial charge in [-0.05, 0) is 39.3 Å².